The molecule has 0 saturated carbocycles. The van der Waals surface area contributed by atoms with Crippen LogP contribution in [0.25, 0.3) is 22.2 Å². The fraction of sp³-hybridized carbons (Fsp3) is 0.195. The first-order valence-corrected chi connectivity index (χ1v) is 18.2. The van der Waals surface area contributed by atoms with Gasteiger partial charge in [-0.25, -0.2) is 27.2 Å². The molecule has 0 N–H and O–H groups in total. The molecule has 2 aromatic heterocycles. The summed E-state index contributed by atoms with van der Waals surface area (Å²) in [6.45, 7) is 5.21. The lowest BCUT2D eigenvalue weighted by Crippen LogP contribution is -2.25. The van der Waals surface area contributed by atoms with E-state index in [4.69, 9.17) is 24.2 Å². The molecule has 0 bridgehead atoms. The van der Waals surface area contributed by atoms with Gasteiger partial charge in [0.15, 0.2) is 5.82 Å². The van der Waals surface area contributed by atoms with Crippen molar-refractivity contribution in [2.24, 2.45) is 4.99 Å². The molecule has 0 amide bonds. The molecule has 52 heavy (non-hydrogen) atoms. The zero-order valence-electron chi connectivity index (χ0n) is 29.3. The highest BCUT2D eigenvalue weighted by molar-refractivity contribution is 7.90. The number of pyridine rings is 1. The zero-order valence-corrected chi connectivity index (χ0v) is 30.1. The first-order valence-electron chi connectivity index (χ1n) is 16.8. The summed E-state index contributed by atoms with van der Waals surface area (Å²) in [5.41, 5.74) is 3.39. The molecule has 10 nitrogen and oxygen atoms in total. The number of carbonyl (C=O) groups is 1. The van der Waals surface area contributed by atoms with Gasteiger partial charge in [-0.1, -0.05) is 78.9 Å². The second-order valence-corrected chi connectivity index (χ2v) is 14.9. The quantitative estimate of drug-likeness (QED) is 0.127. The number of hydrogen-bond donors (Lipinski definition) is 0. The van der Waals surface area contributed by atoms with Crippen molar-refractivity contribution in [1.82, 2.24) is 8.96 Å². The van der Waals surface area contributed by atoms with Crippen molar-refractivity contribution in [1.29, 1.82) is 0 Å². The highest BCUT2D eigenvalue weighted by Crippen LogP contribution is 2.42. The molecule has 4 aromatic carbocycles. The number of nitrogens with zero attached hydrogens (tertiary/aromatic N) is 4. The van der Waals surface area contributed by atoms with Crippen molar-refractivity contribution in [3.8, 4) is 17.0 Å². The minimum absolute atomic E-state index is 0.0624. The van der Waals surface area contributed by atoms with Crippen LogP contribution in [0.2, 0.25) is 0 Å². The third-order valence-electron chi connectivity index (χ3n) is 8.89. The number of anilines is 1. The van der Waals surface area contributed by atoms with Gasteiger partial charge in [0.05, 0.1) is 35.9 Å². The Kier molecular flexibility index (Phi) is 9.29. The molecule has 6 aromatic rings. The Morgan fingerprint density at radius 1 is 0.865 bits per heavy atom. The molecule has 0 atom stereocenters. The minimum Gasteiger partial charge on any atom is -0.496 e. The first kappa shape index (κ1) is 34.5. The molecule has 0 fully saturated rings. The van der Waals surface area contributed by atoms with Crippen molar-refractivity contribution < 1.29 is 27.4 Å². The Labute approximate surface area is 303 Å². The van der Waals surface area contributed by atoms with E-state index in [1.807, 2.05) is 85.5 Å². The van der Waals surface area contributed by atoms with Crippen molar-refractivity contribution in [2.75, 3.05) is 25.7 Å². The van der Waals surface area contributed by atoms with Crippen LogP contribution in [-0.2, 0) is 32.6 Å². The number of ether oxygens (including phenoxy) is 3. The zero-order chi connectivity index (χ0) is 36.5. The summed E-state index contributed by atoms with van der Waals surface area (Å²) in [7, 11) is -1.51. The lowest BCUT2D eigenvalue weighted by atomic mass is 10.1. The highest BCUT2D eigenvalue weighted by atomic mass is 32.2. The van der Waals surface area contributed by atoms with Gasteiger partial charge in [0.1, 0.15) is 17.9 Å². The summed E-state index contributed by atoms with van der Waals surface area (Å²) in [5, 5.41) is 0.355. The van der Waals surface area contributed by atoms with E-state index in [1.165, 1.54) is 24.4 Å². The standard InChI is InChI=1S/C41H38N4O6S/c1-41(2)27-51-39(43-41)30-20-21-32(36(22-30)49-3)35-23-33-34(40(46)50-4)24-42-38(37(33)45(35)52(47,48)31-18-12-7-13-19-31)44(25-28-14-8-5-9-15-28)26-29-16-10-6-11-17-29/h5-24H,25-27H2,1-4H3. The van der Waals surface area contributed by atoms with Gasteiger partial charge in [-0.15, -0.1) is 0 Å². The number of rotatable bonds is 11. The average Bonchev–Trinajstić information content (AvgIpc) is 3.75. The van der Waals surface area contributed by atoms with Crippen LogP contribution in [-0.4, -0.2) is 55.6 Å². The van der Waals surface area contributed by atoms with Crippen molar-refractivity contribution >= 4 is 38.6 Å². The van der Waals surface area contributed by atoms with E-state index in [9.17, 15) is 4.79 Å². The van der Waals surface area contributed by atoms with E-state index in [2.05, 4.69) is 0 Å². The summed E-state index contributed by atoms with van der Waals surface area (Å²) in [4.78, 5) is 25.0. The monoisotopic (exact) mass is 714 g/mol. The fourth-order valence-corrected chi connectivity index (χ4v) is 7.93. The number of hydrogen-bond acceptors (Lipinski definition) is 9. The molecule has 0 aliphatic carbocycles. The molecule has 0 radical (unpaired) electrons. The lowest BCUT2D eigenvalue weighted by molar-refractivity contribution is 0.0602. The van der Waals surface area contributed by atoms with Gasteiger partial charge in [-0.05, 0) is 61.4 Å². The average molecular weight is 715 g/mol. The Hall–Kier alpha value is -5.94. The van der Waals surface area contributed by atoms with Gasteiger partial charge in [0, 0.05) is 35.8 Å². The fourth-order valence-electron chi connectivity index (χ4n) is 6.39. The van der Waals surface area contributed by atoms with Crippen molar-refractivity contribution in [2.45, 2.75) is 37.4 Å². The van der Waals surface area contributed by atoms with E-state index in [0.717, 1.165) is 11.1 Å². The van der Waals surface area contributed by atoms with Gasteiger partial charge in [0.25, 0.3) is 10.0 Å². The number of esters is 1. The molecule has 0 saturated heterocycles. The predicted molar refractivity (Wildman–Crippen MR) is 201 cm³/mol. The number of aliphatic imine (C=N–C) groups is 1. The van der Waals surface area contributed by atoms with E-state index >= 15 is 8.42 Å². The minimum atomic E-state index is -4.32. The summed E-state index contributed by atoms with van der Waals surface area (Å²) >= 11 is 0. The van der Waals surface area contributed by atoms with Gasteiger partial charge >= 0.3 is 5.97 Å². The smallest absolute Gasteiger partial charge is 0.340 e. The molecular formula is C41H38N4O6S. The molecule has 0 unspecified atom stereocenters. The second-order valence-electron chi connectivity index (χ2n) is 13.1. The number of benzene rings is 4. The Balaban J connectivity index is 1.54. The van der Waals surface area contributed by atoms with Crippen molar-refractivity contribution in [3.63, 3.8) is 0 Å². The van der Waals surface area contributed by atoms with Gasteiger partial charge in [-0.2, -0.15) is 0 Å². The van der Waals surface area contributed by atoms with Gasteiger partial charge < -0.3 is 19.1 Å². The lowest BCUT2D eigenvalue weighted by Gasteiger charge is -2.26. The SMILES string of the molecule is COC(=O)c1cnc(N(Cc2ccccc2)Cc2ccccc2)c2c1cc(-c1ccc(C3=NC(C)(C)CO3)cc1OC)n2S(=O)(=O)c1ccccc1. The van der Waals surface area contributed by atoms with Crippen LogP contribution in [0.15, 0.2) is 131 Å². The highest BCUT2D eigenvalue weighted by Gasteiger charge is 2.32. The maximum Gasteiger partial charge on any atom is 0.340 e. The van der Waals surface area contributed by atoms with Crippen molar-refractivity contribution in [3.05, 3.63) is 144 Å². The topological polar surface area (TPSA) is 112 Å². The number of fused-ring (bicyclic) bond motifs is 1. The van der Waals surface area contributed by atoms with Crippen LogP contribution in [0.3, 0.4) is 0 Å². The molecule has 11 heteroatoms. The van der Waals surface area contributed by atoms with E-state index in [-0.39, 0.29) is 27.2 Å². The third-order valence-corrected chi connectivity index (χ3v) is 10.6. The number of carbonyl (C=O) groups excluding carboxylic acids is 1. The first-order chi connectivity index (χ1) is 25.1. The summed E-state index contributed by atoms with van der Waals surface area (Å²) in [6, 6.07) is 35.0. The molecule has 1 aliphatic heterocycles. The van der Waals surface area contributed by atoms with E-state index in [0.29, 0.717) is 53.7 Å². The molecule has 0 spiro atoms. The maximum absolute atomic E-state index is 15.0. The number of methoxy groups -OCH3 is 2. The number of aromatic nitrogens is 2. The van der Waals surface area contributed by atoms with E-state index < -0.39 is 16.0 Å². The Bertz CT molecular complexity index is 2350. The maximum atomic E-state index is 15.0. The van der Waals surface area contributed by atoms with E-state index in [1.54, 1.807) is 48.5 Å². The molecule has 1 aliphatic rings. The van der Waals surface area contributed by atoms with Gasteiger partial charge in [-0.3, -0.25) is 0 Å². The second kappa shape index (κ2) is 14.0. The van der Waals surface area contributed by atoms with Crippen LogP contribution in [0.1, 0.15) is 40.9 Å². The summed E-state index contributed by atoms with van der Waals surface area (Å²) in [5.74, 6) is 0.584. The molecule has 3 heterocycles. The molecule has 7 rings (SSSR count). The van der Waals surface area contributed by atoms with Crippen LogP contribution in [0.5, 0.6) is 5.75 Å². The predicted octanol–water partition coefficient (Wildman–Crippen LogP) is 7.50. The van der Waals surface area contributed by atoms with Crippen LogP contribution in [0.4, 0.5) is 5.82 Å². The molecular weight excluding hydrogens is 677 g/mol. The third kappa shape index (κ3) is 6.62. The normalized spacial score (nSPS) is 13.7. The Morgan fingerprint density at radius 2 is 1.48 bits per heavy atom. The van der Waals surface area contributed by atoms with Crippen LogP contribution < -0.4 is 9.64 Å². The van der Waals surface area contributed by atoms with Crippen LogP contribution >= 0.6 is 0 Å². The van der Waals surface area contributed by atoms with Gasteiger partial charge in [0.2, 0.25) is 5.90 Å². The largest absolute Gasteiger partial charge is 0.496 e. The Morgan fingerprint density at radius 3 is 2.04 bits per heavy atom. The summed E-state index contributed by atoms with van der Waals surface area (Å²) < 4.78 is 48.3. The summed E-state index contributed by atoms with van der Waals surface area (Å²) in [6.07, 6.45) is 1.45. The molecule has 264 valence electrons. The van der Waals surface area contributed by atoms with Crippen LogP contribution in [0, 0.1) is 0 Å².